The van der Waals surface area contributed by atoms with Crippen LogP contribution in [0.3, 0.4) is 0 Å². The van der Waals surface area contributed by atoms with Crippen LogP contribution in [0.4, 0.5) is 4.79 Å². The Morgan fingerprint density at radius 3 is 2.78 bits per heavy atom. The highest BCUT2D eigenvalue weighted by molar-refractivity contribution is 5.78. The number of ether oxygens (including phenoxy) is 2. The first kappa shape index (κ1) is 22.1. The molecule has 0 bridgehead atoms. The molecule has 3 heterocycles. The Morgan fingerprint density at radius 2 is 2.09 bits per heavy atom. The molecule has 0 aromatic carbocycles. The molecule has 4 rings (SSSR count). The molecule has 0 N–H and O–H groups in total. The van der Waals surface area contributed by atoms with Gasteiger partial charge in [-0.15, -0.1) is 0 Å². The van der Waals surface area contributed by atoms with Crippen LogP contribution in [-0.4, -0.2) is 58.2 Å². The van der Waals surface area contributed by atoms with Crippen molar-refractivity contribution in [2.75, 3.05) is 19.7 Å². The van der Waals surface area contributed by atoms with E-state index in [1.807, 2.05) is 58.2 Å². The van der Waals surface area contributed by atoms with Gasteiger partial charge in [0.05, 0.1) is 25.1 Å². The van der Waals surface area contributed by atoms with E-state index in [0.717, 1.165) is 16.7 Å². The van der Waals surface area contributed by atoms with Crippen LogP contribution >= 0.6 is 0 Å². The average Bonchev–Trinajstić information content (AvgIpc) is 3.06. The van der Waals surface area contributed by atoms with E-state index in [1.54, 1.807) is 11.1 Å². The second-order valence-electron chi connectivity index (χ2n) is 9.30. The van der Waals surface area contributed by atoms with Crippen LogP contribution in [0.15, 0.2) is 59.6 Å². The maximum Gasteiger partial charge on any atom is 0.410 e. The van der Waals surface area contributed by atoms with Crippen molar-refractivity contribution >= 4 is 12.1 Å². The van der Waals surface area contributed by atoms with Crippen molar-refractivity contribution in [2.24, 2.45) is 5.92 Å². The minimum Gasteiger partial charge on any atom is -0.465 e. The molecule has 7 nitrogen and oxygen atoms in total. The Morgan fingerprint density at radius 1 is 1.28 bits per heavy atom. The first-order chi connectivity index (χ1) is 15.3. The zero-order valence-electron chi connectivity index (χ0n) is 19.2. The van der Waals surface area contributed by atoms with E-state index < -0.39 is 11.5 Å². The number of carbonyl (C=O) groups is 2. The molecule has 0 saturated heterocycles. The van der Waals surface area contributed by atoms with Gasteiger partial charge in [0.15, 0.2) is 0 Å². The van der Waals surface area contributed by atoms with Crippen LogP contribution < -0.4 is 0 Å². The fraction of sp³-hybridized carbons (Fsp3) is 0.480. The summed E-state index contributed by atoms with van der Waals surface area (Å²) in [6, 6.07) is 3.82. The summed E-state index contributed by atoms with van der Waals surface area (Å²) in [5, 5.41) is 0. The van der Waals surface area contributed by atoms with Crippen molar-refractivity contribution in [1.29, 1.82) is 0 Å². The van der Waals surface area contributed by atoms with Gasteiger partial charge in [0.2, 0.25) is 0 Å². The van der Waals surface area contributed by atoms with Crippen LogP contribution in [-0.2, 0) is 20.8 Å². The number of aromatic nitrogens is 1. The fourth-order valence-electron chi connectivity index (χ4n) is 4.62. The van der Waals surface area contributed by atoms with Crippen LogP contribution in [0.1, 0.15) is 39.7 Å². The third-order valence-corrected chi connectivity index (χ3v) is 5.89. The van der Waals surface area contributed by atoms with E-state index in [4.69, 9.17) is 9.47 Å². The Kier molecular flexibility index (Phi) is 6.09. The Bertz CT molecular complexity index is 975. The third-order valence-electron chi connectivity index (χ3n) is 5.89. The summed E-state index contributed by atoms with van der Waals surface area (Å²) in [6.07, 6.45) is 9.93. The summed E-state index contributed by atoms with van der Waals surface area (Å²) >= 11 is 0. The standard InChI is InChI=1S/C25H31N3O4/c1-5-31-23(29)19-10-6-9-18-20-16-27(24(30)32-25(2,3)4)13-11-21(20)28(22(18)19)15-17-8-7-12-26-14-17/h6-10,12,14,19,22H,5,11,13,15-16H2,1-4H3. The highest BCUT2D eigenvalue weighted by Gasteiger charge is 2.46. The lowest BCUT2D eigenvalue weighted by Gasteiger charge is -2.35. The zero-order valence-corrected chi connectivity index (χ0v) is 19.2. The number of pyridine rings is 1. The van der Waals surface area contributed by atoms with Crippen LogP contribution in [0.5, 0.6) is 0 Å². The second-order valence-corrected chi connectivity index (χ2v) is 9.30. The molecule has 32 heavy (non-hydrogen) atoms. The number of nitrogens with zero attached hydrogens (tertiary/aromatic N) is 3. The minimum absolute atomic E-state index is 0.150. The van der Waals surface area contributed by atoms with Crippen molar-refractivity contribution in [2.45, 2.75) is 52.3 Å². The van der Waals surface area contributed by atoms with Crippen molar-refractivity contribution in [3.8, 4) is 0 Å². The van der Waals surface area contributed by atoms with Crippen molar-refractivity contribution < 1.29 is 19.1 Å². The number of fused-ring (bicyclic) bond motifs is 2. The van der Waals surface area contributed by atoms with Crippen LogP contribution in [0.2, 0.25) is 0 Å². The van der Waals surface area contributed by atoms with E-state index in [1.165, 1.54) is 5.70 Å². The lowest BCUT2D eigenvalue weighted by molar-refractivity contribution is -0.147. The smallest absolute Gasteiger partial charge is 0.410 e. The Labute approximate surface area is 189 Å². The molecule has 1 aromatic rings. The number of esters is 1. The van der Waals surface area contributed by atoms with E-state index in [-0.39, 0.29) is 18.1 Å². The summed E-state index contributed by atoms with van der Waals surface area (Å²) < 4.78 is 11.0. The molecule has 1 aliphatic carbocycles. The topological polar surface area (TPSA) is 72.0 Å². The highest BCUT2D eigenvalue weighted by atomic mass is 16.6. The zero-order chi connectivity index (χ0) is 22.9. The van der Waals surface area contributed by atoms with E-state index in [2.05, 4.69) is 16.0 Å². The maximum absolute atomic E-state index is 12.8. The minimum atomic E-state index is -0.544. The predicted molar refractivity (Wildman–Crippen MR) is 120 cm³/mol. The molecule has 7 heteroatoms. The number of amides is 1. The van der Waals surface area contributed by atoms with Gasteiger partial charge in [-0.1, -0.05) is 24.3 Å². The van der Waals surface area contributed by atoms with Gasteiger partial charge in [0.25, 0.3) is 0 Å². The monoisotopic (exact) mass is 437 g/mol. The second kappa shape index (κ2) is 8.81. The number of rotatable bonds is 4. The van der Waals surface area contributed by atoms with Crippen molar-refractivity contribution in [1.82, 2.24) is 14.8 Å². The van der Waals surface area contributed by atoms with Gasteiger partial charge in [0, 0.05) is 37.6 Å². The Balaban J connectivity index is 1.66. The average molecular weight is 438 g/mol. The van der Waals surface area contributed by atoms with Crippen molar-refractivity contribution in [3.63, 3.8) is 0 Å². The molecule has 0 saturated carbocycles. The molecule has 2 atom stereocenters. The van der Waals surface area contributed by atoms with Crippen LogP contribution in [0, 0.1) is 5.92 Å². The largest absolute Gasteiger partial charge is 0.465 e. The molecule has 0 fully saturated rings. The normalized spacial score (nSPS) is 22.3. The number of carbonyl (C=O) groups excluding carboxylic acids is 2. The molecular weight excluding hydrogens is 406 g/mol. The summed E-state index contributed by atoms with van der Waals surface area (Å²) in [7, 11) is 0. The fourth-order valence-corrected chi connectivity index (χ4v) is 4.62. The first-order valence-electron chi connectivity index (χ1n) is 11.2. The van der Waals surface area contributed by atoms with E-state index in [9.17, 15) is 9.59 Å². The molecule has 2 aliphatic heterocycles. The lowest BCUT2D eigenvalue weighted by atomic mass is 9.86. The molecule has 170 valence electrons. The maximum atomic E-state index is 12.8. The molecule has 3 aliphatic rings. The number of allylic oxidation sites excluding steroid dienone is 2. The lowest BCUT2D eigenvalue weighted by Crippen LogP contribution is -2.42. The molecule has 0 spiro atoms. The van der Waals surface area contributed by atoms with Gasteiger partial charge in [-0.05, 0) is 50.5 Å². The van der Waals surface area contributed by atoms with Gasteiger partial charge in [-0.3, -0.25) is 9.78 Å². The quantitative estimate of drug-likeness (QED) is 0.667. The van der Waals surface area contributed by atoms with Gasteiger partial charge < -0.3 is 19.3 Å². The Hall–Kier alpha value is -3.09. The van der Waals surface area contributed by atoms with Gasteiger partial charge >= 0.3 is 12.1 Å². The molecule has 0 radical (unpaired) electrons. The number of hydrogen-bond acceptors (Lipinski definition) is 6. The highest BCUT2D eigenvalue weighted by Crippen LogP contribution is 2.44. The van der Waals surface area contributed by atoms with Crippen LogP contribution in [0.25, 0.3) is 0 Å². The molecule has 1 aromatic heterocycles. The number of hydrogen-bond donors (Lipinski definition) is 0. The predicted octanol–water partition coefficient (Wildman–Crippen LogP) is 3.84. The molecule has 1 amide bonds. The summed E-state index contributed by atoms with van der Waals surface area (Å²) in [6.45, 7) is 9.49. The van der Waals surface area contributed by atoms with E-state index in [0.29, 0.717) is 32.7 Å². The van der Waals surface area contributed by atoms with E-state index >= 15 is 0 Å². The first-order valence-corrected chi connectivity index (χ1v) is 11.2. The summed E-state index contributed by atoms with van der Waals surface area (Å²) in [5.74, 6) is -0.619. The molecule has 2 unspecified atom stereocenters. The molecular formula is C25H31N3O4. The van der Waals surface area contributed by atoms with Crippen molar-refractivity contribution in [3.05, 3.63) is 65.2 Å². The van der Waals surface area contributed by atoms with Gasteiger partial charge in [0.1, 0.15) is 5.60 Å². The SMILES string of the molecule is CCOC(=O)C1C=CC=C2C3=C(CCN(C(=O)OC(C)(C)C)C3)N(Cc3cccnc3)C21. The summed E-state index contributed by atoms with van der Waals surface area (Å²) in [5.41, 5.74) is 3.90. The van der Waals surface area contributed by atoms with Gasteiger partial charge in [-0.2, -0.15) is 0 Å². The van der Waals surface area contributed by atoms with Gasteiger partial charge in [-0.25, -0.2) is 4.79 Å². The third kappa shape index (κ3) is 4.42. The summed E-state index contributed by atoms with van der Waals surface area (Å²) in [4.78, 5) is 33.9.